The molecule has 55 heavy (non-hydrogen) atoms. The van der Waals surface area contributed by atoms with Gasteiger partial charge in [-0.05, 0) is 73.7 Å². The van der Waals surface area contributed by atoms with Crippen LogP contribution in [-0.4, -0.2) is 9.38 Å². The van der Waals surface area contributed by atoms with E-state index >= 15 is 0 Å². The number of rotatable bonds is 4. The average Bonchev–Trinajstić information content (AvgIpc) is 3.93. The number of hydrogen-bond donors (Lipinski definition) is 0. The number of thiophene rings is 1. The van der Waals surface area contributed by atoms with Crippen molar-refractivity contribution in [3.63, 3.8) is 0 Å². The number of benzene rings is 8. The van der Waals surface area contributed by atoms with Gasteiger partial charge in [0.1, 0.15) is 0 Å². The summed E-state index contributed by atoms with van der Waals surface area (Å²) in [5.41, 5.74) is 15.3. The lowest BCUT2D eigenvalue weighted by Gasteiger charge is -2.34. The second-order valence-electron chi connectivity index (χ2n) is 14.6. The van der Waals surface area contributed by atoms with Crippen molar-refractivity contribution in [3.05, 3.63) is 216 Å². The molecule has 2 nitrogen and oxygen atoms in total. The van der Waals surface area contributed by atoms with Crippen molar-refractivity contribution >= 4 is 59.0 Å². The fourth-order valence-electron chi connectivity index (χ4n) is 9.55. The highest BCUT2D eigenvalue weighted by Gasteiger charge is 2.46. The predicted molar refractivity (Wildman–Crippen MR) is 231 cm³/mol. The summed E-state index contributed by atoms with van der Waals surface area (Å²) in [5.74, 6) is 0. The molecule has 1 aliphatic rings. The van der Waals surface area contributed by atoms with E-state index in [2.05, 4.69) is 199 Å². The Kier molecular flexibility index (Phi) is 6.46. The van der Waals surface area contributed by atoms with Crippen LogP contribution in [0, 0.1) is 0 Å². The van der Waals surface area contributed by atoms with Crippen LogP contribution in [-0.2, 0) is 5.41 Å². The standard InChI is InChI=1S/C52H32N2S/c1-3-15-36(16-4-1)52(37-17-5-2-6-18-37)43-23-11-9-21-41(43)48-38(22-13-24-44(48)52)34-26-28-35(29-27-34)46-32-42-40-20-10-12-25-47(40)55-50(42)51-53-49-39-19-8-7-14-33(39)30-31-45(49)54(46)51/h1-32H. The van der Waals surface area contributed by atoms with E-state index in [1.807, 2.05) is 11.3 Å². The Labute approximate surface area is 322 Å². The molecule has 0 spiro atoms. The SMILES string of the molecule is c1ccc(C2(c3ccccc3)c3ccccc3-c3c(-c4ccc(-c5cc6c7ccccc7sc6c6nc7c8ccccc8ccc7n56)cc4)cccc32)cc1. The lowest BCUT2D eigenvalue weighted by Crippen LogP contribution is -2.28. The van der Waals surface area contributed by atoms with Gasteiger partial charge < -0.3 is 0 Å². The second-order valence-corrected chi connectivity index (χ2v) is 15.7. The van der Waals surface area contributed by atoms with Crippen molar-refractivity contribution in [3.8, 4) is 33.5 Å². The first-order chi connectivity index (χ1) is 27.3. The van der Waals surface area contributed by atoms with Gasteiger partial charge in [-0.25, -0.2) is 4.98 Å². The van der Waals surface area contributed by atoms with Crippen LogP contribution >= 0.6 is 11.3 Å². The van der Waals surface area contributed by atoms with Gasteiger partial charge in [-0.15, -0.1) is 11.3 Å². The first-order valence-corrected chi connectivity index (χ1v) is 19.7. The molecule has 0 saturated heterocycles. The molecular formula is C52H32N2S. The topological polar surface area (TPSA) is 17.3 Å². The lowest BCUT2D eigenvalue weighted by molar-refractivity contribution is 0.768. The van der Waals surface area contributed by atoms with Crippen molar-refractivity contribution < 1.29 is 0 Å². The highest BCUT2D eigenvalue weighted by molar-refractivity contribution is 7.26. The molecule has 1 aliphatic carbocycles. The van der Waals surface area contributed by atoms with Gasteiger partial charge in [0.15, 0.2) is 5.65 Å². The number of aromatic nitrogens is 2. The summed E-state index contributed by atoms with van der Waals surface area (Å²) in [4.78, 5) is 5.42. The van der Waals surface area contributed by atoms with Crippen LogP contribution in [0.15, 0.2) is 194 Å². The van der Waals surface area contributed by atoms with E-state index < -0.39 is 5.41 Å². The van der Waals surface area contributed by atoms with E-state index in [0.717, 1.165) is 27.9 Å². The van der Waals surface area contributed by atoms with Gasteiger partial charge in [-0.2, -0.15) is 0 Å². The van der Waals surface area contributed by atoms with Gasteiger partial charge in [-0.3, -0.25) is 4.40 Å². The van der Waals surface area contributed by atoms with Gasteiger partial charge in [-0.1, -0.05) is 176 Å². The van der Waals surface area contributed by atoms with Crippen LogP contribution in [0.3, 0.4) is 0 Å². The Balaban J connectivity index is 1.09. The third-order valence-electron chi connectivity index (χ3n) is 11.9. The van der Waals surface area contributed by atoms with Gasteiger partial charge >= 0.3 is 0 Å². The summed E-state index contributed by atoms with van der Waals surface area (Å²) >= 11 is 1.83. The average molecular weight is 717 g/mol. The number of nitrogens with zero attached hydrogens (tertiary/aromatic N) is 2. The van der Waals surface area contributed by atoms with Gasteiger partial charge in [0.25, 0.3) is 0 Å². The summed E-state index contributed by atoms with van der Waals surface area (Å²) < 4.78 is 4.89. The molecule has 256 valence electrons. The molecule has 0 atom stereocenters. The predicted octanol–water partition coefficient (Wildman–Crippen LogP) is 13.7. The summed E-state index contributed by atoms with van der Waals surface area (Å²) in [6, 6.07) is 71.4. The molecule has 0 saturated carbocycles. The van der Waals surface area contributed by atoms with E-state index in [9.17, 15) is 0 Å². The Morgan fingerprint density at radius 1 is 0.473 bits per heavy atom. The third kappa shape index (κ3) is 4.22. The van der Waals surface area contributed by atoms with Crippen LogP contribution < -0.4 is 0 Å². The van der Waals surface area contributed by atoms with Crippen molar-refractivity contribution in [2.75, 3.05) is 0 Å². The maximum atomic E-state index is 5.42. The number of hydrogen-bond acceptors (Lipinski definition) is 2. The highest BCUT2D eigenvalue weighted by atomic mass is 32.1. The molecule has 0 radical (unpaired) electrons. The Bertz CT molecular complexity index is 3260. The number of pyridine rings is 1. The number of fused-ring (bicyclic) bond motifs is 12. The molecule has 12 rings (SSSR count). The Morgan fingerprint density at radius 2 is 1.11 bits per heavy atom. The van der Waals surface area contributed by atoms with E-state index in [0.29, 0.717) is 0 Å². The highest BCUT2D eigenvalue weighted by Crippen LogP contribution is 2.58. The van der Waals surface area contributed by atoms with Crippen molar-refractivity contribution in [2.24, 2.45) is 0 Å². The molecule has 0 unspecified atom stereocenters. The Morgan fingerprint density at radius 3 is 1.91 bits per heavy atom. The molecule has 0 bridgehead atoms. The normalized spacial score (nSPS) is 13.2. The summed E-state index contributed by atoms with van der Waals surface area (Å²) in [6.07, 6.45) is 0. The molecule has 0 fully saturated rings. The molecule has 3 heteroatoms. The van der Waals surface area contributed by atoms with Gasteiger partial charge in [0, 0.05) is 20.9 Å². The maximum absolute atomic E-state index is 5.42. The molecule has 3 heterocycles. The minimum atomic E-state index is -0.429. The molecule has 8 aromatic carbocycles. The first-order valence-electron chi connectivity index (χ1n) is 18.9. The zero-order valence-electron chi connectivity index (χ0n) is 29.8. The van der Waals surface area contributed by atoms with E-state index in [-0.39, 0.29) is 0 Å². The van der Waals surface area contributed by atoms with Crippen LogP contribution in [0.5, 0.6) is 0 Å². The summed E-state index contributed by atoms with van der Waals surface area (Å²) in [6.45, 7) is 0. The maximum Gasteiger partial charge on any atom is 0.156 e. The molecule has 3 aromatic heterocycles. The van der Waals surface area contributed by atoms with E-state index in [1.54, 1.807) is 0 Å². The monoisotopic (exact) mass is 716 g/mol. The van der Waals surface area contributed by atoms with Crippen LogP contribution in [0.1, 0.15) is 22.3 Å². The van der Waals surface area contributed by atoms with Crippen LogP contribution in [0.4, 0.5) is 0 Å². The second kappa shape index (κ2) is 11.6. The third-order valence-corrected chi connectivity index (χ3v) is 13.1. The molecular weight excluding hydrogens is 685 g/mol. The summed E-state index contributed by atoms with van der Waals surface area (Å²) in [7, 11) is 0. The largest absolute Gasteiger partial charge is 0.291 e. The van der Waals surface area contributed by atoms with Crippen LogP contribution in [0.25, 0.3) is 81.1 Å². The van der Waals surface area contributed by atoms with Gasteiger partial charge in [0.05, 0.1) is 26.8 Å². The summed E-state index contributed by atoms with van der Waals surface area (Å²) in [5, 5.41) is 4.91. The van der Waals surface area contributed by atoms with E-state index in [1.165, 1.54) is 75.5 Å². The minimum Gasteiger partial charge on any atom is -0.291 e. The van der Waals surface area contributed by atoms with E-state index in [4.69, 9.17) is 4.98 Å². The minimum absolute atomic E-state index is 0.429. The molecule has 0 N–H and O–H groups in total. The quantitative estimate of drug-likeness (QED) is 0.177. The first kappa shape index (κ1) is 30.6. The lowest BCUT2D eigenvalue weighted by atomic mass is 9.67. The smallest absolute Gasteiger partial charge is 0.156 e. The van der Waals surface area contributed by atoms with Crippen molar-refractivity contribution in [2.45, 2.75) is 5.41 Å². The van der Waals surface area contributed by atoms with Crippen molar-refractivity contribution in [1.82, 2.24) is 9.38 Å². The fraction of sp³-hybridized carbons (Fsp3) is 0.0192. The van der Waals surface area contributed by atoms with Crippen molar-refractivity contribution in [1.29, 1.82) is 0 Å². The number of imidazole rings is 1. The van der Waals surface area contributed by atoms with Crippen LogP contribution in [0.2, 0.25) is 0 Å². The molecule has 0 aliphatic heterocycles. The zero-order valence-corrected chi connectivity index (χ0v) is 30.6. The fourth-order valence-corrected chi connectivity index (χ4v) is 10.7. The molecule has 0 amide bonds. The molecule has 11 aromatic rings. The van der Waals surface area contributed by atoms with Gasteiger partial charge in [0.2, 0.25) is 0 Å². The zero-order chi connectivity index (χ0) is 36.1. The Hall–Kier alpha value is -6.81.